The van der Waals surface area contributed by atoms with Crippen molar-refractivity contribution in [3.05, 3.63) is 53.7 Å². The van der Waals surface area contributed by atoms with Crippen LogP contribution in [0.3, 0.4) is 0 Å². The number of anilines is 1. The molecular formula is C16H9F2N5O2S. The summed E-state index contributed by atoms with van der Waals surface area (Å²) in [5.74, 6) is -0.932. The van der Waals surface area contributed by atoms with E-state index >= 15 is 0 Å². The van der Waals surface area contributed by atoms with Crippen molar-refractivity contribution in [2.45, 2.75) is 6.43 Å². The average Bonchev–Trinajstić information content (AvgIpc) is 3.31. The number of aromatic nitrogens is 4. The number of hydrogen-bond acceptors (Lipinski definition) is 7. The smallest absolute Gasteiger partial charge is 0.294 e. The van der Waals surface area contributed by atoms with Crippen LogP contribution in [0.25, 0.3) is 21.7 Å². The fourth-order valence-corrected chi connectivity index (χ4v) is 3.07. The Balaban J connectivity index is 1.75. The largest absolute Gasteiger partial charge is 0.438 e. The predicted molar refractivity (Wildman–Crippen MR) is 90.1 cm³/mol. The van der Waals surface area contributed by atoms with E-state index in [0.717, 1.165) is 6.39 Å². The van der Waals surface area contributed by atoms with Crippen molar-refractivity contribution in [1.82, 2.24) is 19.9 Å². The summed E-state index contributed by atoms with van der Waals surface area (Å²) in [7, 11) is 0. The molecule has 0 spiro atoms. The van der Waals surface area contributed by atoms with Gasteiger partial charge in [-0.2, -0.15) is 0 Å². The number of halogens is 2. The molecule has 0 saturated heterocycles. The first kappa shape index (κ1) is 16.2. The van der Waals surface area contributed by atoms with Gasteiger partial charge >= 0.3 is 0 Å². The third kappa shape index (κ3) is 2.90. The van der Waals surface area contributed by atoms with E-state index in [9.17, 15) is 13.6 Å². The maximum absolute atomic E-state index is 12.9. The lowest BCUT2D eigenvalue weighted by Crippen LogP contribution is -2.15. The Hall–Kier alpha value is -3.27. The number of oxazole rings is 1. The zero-order chi connectivity index (χ0) is 18.1. The lowest BCUT2D eigenvalue weighted by molar-refractivity contribution is 0.0976. The van der Waals surface area contributed by atoms with E-state index in [1.54, 1.807) is 35.8 Å². The van der Waals surface area contributed by atoms with Gasteiger partial charge in [-0.15, -0.1) is 11.3 Å². The topological polar surface area (TPSA) is 93.8 Å². The number of carbonyl (C=O) groups excluding carboxylic acids is 1. The third-order valence-electron chi connectivity index (χ3n) is 3.46. The van der Waals surface area contributed by atoms with Gasteiger partial charge in [-0.3, -0.25) is 9.78 Å². The Morgan fingerprint density at radius 1 is 1.19 bits per heavy atom. The number of thiophene rings is 1. The number of rotatable bonds is 4. The fraction of sp³-hybridized carbons (Fsp3) is 0.0625. The van der Waals surface area contributed by atoms with Crippen LogP contribution >= 0.6 is 11.3 Å². The van der Waals surface area contributed by atoms with Gasteiger partial charge in [-0.25, -0.2) is 23.7 Å². The van der Waals surface area contributed by atoms with E-state index in [4.69, 9.17) is 4.42 Å². The average molecular weight is 373 g/mol. The molecule has 0 aliphatic carbocycles. The lowest BCUT2D eigenvalue weighted by atomic mass is 10.3. The number of pyridine rings is 1. The van der Waals surface area contributed by atoms with Crippen LogP contribution in [-0.4, -0.2) is 25.8 Å². The number of carbonyl (C=O) groups is 1. The molecule has 4 aromatic rings. The molecule has 1 amide bonds. The minimum absolute atomic E-state index is 0.179. The molecule has 0 bridgehead atoms. The van der Waals surface area contributed by atoms with Gasteiger partial charge in [-0.1, -0.05) is 6.07 Å². The molecule has 4 aromatic heterocycles. The van der Waals surface area contributed by atoms with Gasteiger partial charge < -0.3 is 9.73 Å². The molecule has 0 fully saturated rings. The highest BCUT2D eigenvalue weighted by molar-refractivity contribution is 7.16. The molecule has 0 aliphatic heterocycles. The molecule has 0 unspecified atom stereocenters. The SMILES string of the molecule is O=C(Nc1nc(-c2ccccn2)nc2sccc12)c1ocnc1C(F)F. The van der Waals surface area contributed by atoms with E-state index in [1.165, 1.54) is 11.3 Å². The molecule has 4 heterocycles. The maximum Gasteiger partial charge on any atom is 0.294 e. The van der Waals surface area contributed by atoms with Gasteiger partial charge in [0, 0.05) is 6.20 Å². The lowest BCUT2D eigenvalue weighted by Gasteiger charge is -2.07. The summed E-state index contributed by atoms with van der Waals surface area (Å²) < 4.78 is 30.6. The number of hydrogen-bond donors (Lipinski definition) is 1. The molecule has 0 aromatic carbocycles. The summed E-state index contributed by atoms with van der Waals surface area (Å²) in [6.07, 6.45) is -0.528. The highest BCUT2D eigenvalue weighted by Crippen LogP contribution is 2.29. The van der Waals surface area contributed by atoms with Crippen LogP contribution in [0, 0.1) is 0 Å². The van der Waals surface area contributed by atoms with Crippen LogP contribution in [0.4, 0.5) is 14.6 Å². The highest BCUT2D eigenvalue weighted by atomic mass is 32.1. The standard InChI is InChI=1S/C16H9F2N5O2S/c17-12(18)10-11(25-7-20-10)15(24)22-13-8-4-6-26-16(8)23-14(21-13)9-3-1-2-5-19-9/h1-7,12H,(H,21,22,23,24). The Bertz CT molecular complexity index is 1080. The summed E-state index contributed by atoms with van der Waals surface area (Å²) in [5.41, 5.74) is -0.200. The van der Waals surface area contributed by atoms with Gasteiger partial charge in [0.25, 0.3) is 12.3 Å². The first-order valence-corrected chi connectivity index (χ1v) is 8.21. The van der Waals surface area contributed by atoms with E-state index in [2.05, 4.69) is 25.3 Å². The number of nitrogens with one attached hydrogen (secondary N) is 1. The molecule has 0 saturated carbocycles. The second kappa shape index (κ2) is 6.56. The molecule has 7 nitrogen and oxygen atoms in total. The molecule has 0 radical (unpaired) electrons. The first-order valence-electron chi connectivity index (χ1n) is 7.33. The summed E-state index contributed by atoms with van der Waals surface area (Å²) in [4.78, 5) is 29.3. The Kier molecular flexibility index (Phi) is 4.09. The van der Waals surface area contributed by atoms with Crippen molar-refractivity contribution >= 4 is 33.3 Å². The normalized spacial score (nSPS) is 11.2. The summed E-state index contributed by atoms with van der Waals surface area (Å²) in [6.45, 7) is 0. The van der Waals surface area contributed by atoms with Gasteiger partial charge in [-0.05, 0) is 23.6 Å². The number of amides is 1. The van der Waals surface area contributed by atoms with E-state index in [0.29, 0.717) is 21.7 Å². The minimum atomic E-state index is -2.93. The van der Waals surface area contributed by atoms with Crippen LogP contribution in [0.1, 0.15) is 22.7 Å². The molecule has 10 heteroatoms. The molecule has 26 heavy (non-hydrogen) atoms. The monoisotopic (exact) mass is 373 g/mol. The first-order chi connectivity index (χ1) is 12.6. The summed E-state index contributed by atoms with van der Waals surface area (Å²) >= 11 is 1.36. The fourth-order valence-electron chi connectivity index (χ4n) is 2.30. The number of fused-ring (bicyclic) bond motifs is 1. The Labute approximate surface area is 148 Å². The van der Waals surface area contributed by atoms with Crippen molar-refractivity contribution in [3.8, 4) is 11.5 Å². The second-order valence-electron chi connectivity index (χ2n) is 5.07. The van der Waals surface area contributed by atoms with Crippen molar-refractivity contribution in [1.29, 1.82) is 0 Å². The van der Waals surface area contributed by atoms with Crippen LogP contribution in [-0.2, 0) is 0 Å². The van der Waals surface area contributed by atoms with E-state index < -0.39 is 23.8 Å². The highest BCUT2D eigenvalue weighted by Gasteiger charge is 2.25. The zero-order valence-electron chi connectivity index (χ0n) is 12.9. The minimum Gasteiger partial charge on any atom is -0.438 e. The molecule has 0 atom stereocenters. The van der Waals surface area contributed by atoms with E-state index in [1.807, 2.05) is 0 Å². The molecule has 1 N–H and O–H groups in total. The van der Waals surface area contributed by atoms with Crippen molar-refractivity contribution in [2.24, 2.45) is 0 Å². The zero-order valence-corrected chi connectivity index (χ0v) is 13.7. The van der Waals surface area contributed by atoms with Gasteiger partial charge in [0.1, 0.15) is 16.3 Å². The molecule has 4 rings (SSSR count). The van der Waals surface area contributed by atoms with Gasteiger partial charge in [0.15, 0.2) is 17.9 Å². The molecule has 0 aliphatic rings. The number of alkyl halides is 2. The van der Waals surface area contributed by atoms with Crippen LogP contribution < -0.4 is 5.32 Å². The van der Waals surface area contributed by atoms with E-state index in [-0.39, 0.29) is 5.82 Å². The van der Waals surface area contributed by atoms with Gasteiger partial charge in [0.05, 0.1) is 5.39 Å². The van der Waals surface area contributed by atoms with Crippen molar-refractivity contribution < 1.29 is 18.0 Å². The molecule has 130 valence electrons. The maximum atomic E-state index is 12.9. The predicted octanol–water partition coefficient (Wildman–Crippen LogP) is 3.93. The van der Waals surface area contributed by atoms with Gasteiger partial charge in [0.2, 0.25) is 5.76 Å². The Morgan fingerprint density at radius 2 is 2.08 bits per heavy atom. The van der Waals surface area contributed by atoms with Crippen molar-refractivity contribution in [2.75, 3.05) is 5.32 Å². The van der Waals surface area contributed by atoms with Crippen LogP contribution in [0.15, 0.2) is 46.7 Å². The summed E-state index contributed by atoms with van der Waals surface area (Å²) in [5, 5.41) is 4.87. The second-order valence-corrected chi connectivity index (χ2v) is 5.97. The van der Waals surface area contributed by atoms with Crippen LogP contribution in [0.2, 0.25) is 0 Å². The Morgan fingerprint density at radius 3 is 2.85 bits per heavy atom. The number of nitrogens with zero attached hydrogens (tertiary/aromatic N) is 4. The third-order valence-corrected chi connectivity index (χ3v) is 4.27. The quantitative estimate of drug-likeness (QED) is 0.582. The van der Waals surface area contributed by atoms with Crippen molar-refractivity contribution in [3.63, 3.8) is 0 Å². The summed E-state index contributed by atoms with van der Waals surface area (Å²) in [6, 6.07) is 7.00. The molecular weight excluding hydrogens is 364 g/mol. The van der Waals surface area contributed by atoms with Crippen LogP contribution in [0.5, 0.6) is 0 Å².